The summed E-state index contributed by atoms with van der Waals surface area (Å²) in [4.78, 5) is 12.1. The van der Waals surface area contributed by atoms with Crippen LogP contribution in [0.2, 0.25) is 5.02 Å². The van der Waals surface area contributed by atoms with Crippen molar-refractivity contribution in [3.8, 4) is 11.4 Å². The summed E-state index contributed by atoms with van der Waals surface area (Å²) in [6.45, 7) is 5.91. The van der Waals surface area contributed by atoms with Crippen molar-refractivity contribution in [1.29, 1.82) is 0 Å². The van der Waals surface area contributed by atoms with Gasteiger partial charge in [0.15, 0.2) is 5.82 Å². The Bertz CT molecular complexity index is 958. The van der Waals surface area contributed by atoms with Gasteiger partial charge in [-0.25, -0.2) is 9.97 Å². The fourth-order valence-electron chi connectivity index (χ4n) is 3.65. The molecule has 2 atom stereocenters. The lowest BCUT2D eigenvalue weighted by Crippen LogP contribution is -2.46. The van der Waals surface area contributed by atoms with E-state index in [0.717, 1.165) is 52.5 Å². The highest BCUT2D eigenvalue weighted by molar-refractivity contribution is 7.97. The third-order valence-corrected chi connectivity index (χ3v) is 6.26. The Morgan fingerprint density at radius 2 is 1.67 bits per heavy atom. The van der Waals surface area contributed by atoms with Crippen molar-refractivity contribution in [2.45, 2.75) is 37.6 Å². The first-order chi connectivity index (χ1) is 14.6. The number of anilines is 1. The number of aromatic nitrogens is 2. The average molecular weight is 440 g/mol. The van der Waals surface area contributed by atoms with E-state index in [4.69, 9.17) is 26.3 Å². The smallest absolute Gasteiger partial charge is 0.161 e. The van der Waals surface area contributed by atoms with Gasteiger partial charge in [-0.2, -0.15) is 11.8 Å². The van der Waals surface area contributed by atoms with E-state index in [-0.39, 0.29) is 12.2 Å². The van der Waals surface area contributed by atoms with Crippen LogP contribution in [-0.4, -0.2) is 35.3 Å². The fourth-order valence-corrected chi connectivity index (χ4v) is 4.67. The molecule has 1 aliphatic heterocycles. The lowest BCUT2D eigenvalue weighted by atomic mass is 10.2. The molecule has 0 bridgehead atoms. The minimum Gasteiger partial charge on any atom is -0.372 e. The minimum absolute atomic E-state index is 0.187. The van der Waals surface area contributed by atoms with E-state index in [1.165, 1.54) is 5.56 Å². The van der Waals surface area contributed by atoms with E-state index in [9.17, 15) is 0 Å². The van der Waals surface area contributed by atoms with Crippen LogP contribution in [0.5, 0.6) is 0 Å². The van der Waals surface area contributed by atoms with Crippen LogP contribution in [0.25, 0.3) is 11.4 Å². The van der Waals surface area contributed by atoms with Crippen molar-refractivity contribution >= 4 is 29.2 Å². The van der Waals surface area contributed by atoms with Crippen molar-refractivity contribution in [3.63, 3.8) is 0 Å². The van der Waals surface area contributed by atoms with Crippen LogP contribution in [0.1, 0.15) is 25.1 Å². The second-order valence-electron chi connectivity index (χ2n) is 7.69. The SMILES string of the molecule is C[C@@H]1CN(c2cc(CSCc3ccc(Cl)cc3)nc(-c3ccccc3)n2)C[C@@H](C)O1. The summed E-state index contributed by atoms with van der Waals surface area (Å²) >= 11 is 7.84. The van der Waals surface area contributed by atoms with Gasteiger partial charge in [0.25, 0.3) is 0 Å². The summed E-state index contributed by atoms with van der Waals surface area (Å²) in [7, 11) is 0. The Labute approximate surface area is 187 Å². The van der Waals surface area contributed by atoms with Gasteiger partial charge in [0.1, 0.15) is 5.82 Å². The molecule has 1 fully saturated rings. The van der Waals surface area contributed by atoms with E-state index in [2.05, 4.69) is 49.1 Å². The van der Waals surface area contributed by atoms with Gasteiger partial charge in [-0.15, -0.1) is 0 Å². The normalized spacial score (nSPS) is 19.1. The zero-order valence-electron chi connectivity index (χ0n) is 17.3. The number of ether oxygens (including phenoxy) is 1. The molecule has 0 N–H and O–H groups in total. The highest BCUT2D eigenvalue weighted by Gasteiger charge is 2.24. The number of benzene rings is 2. The van der Waals surface area contributed by atoms with Gasteiger partial charge in [-0.05, 0) is 31.5 Å². The van der Waals surface area contributed by atoms with Crippen molar-refractivity contribution < 1.29 is 4.74 Å². The van der Waals surface area contributed by atoms with Gasteiger partial charge in [-0.3, -0.25) is 0 Å². The molecule has 0 saturated carbocycles. The molecule has 0 radical (unpaired) electrons. The molecule has 1 aliphatic rings. The molecular formula is C24H26ClN3OS. The maximum Gasteiger partial charge on any atom is 0.161 e. The fraction of sp³-hybridized carbons (Fsp3) is 0.333. The standard InChI is InChI=1S/C24H26ClN3OS/c1-17-13-28(14-18(2)29-17)23-12-22(16-30-15-19-8-10-21(25)11-9-19)26-24(27-23)20-6-4-3-5-7-20/h3-12,17-18H,13-16H2,1-2H3/t17-,18-/m1/s1. The van der Waals surface area contributed by atoms with Gasteiger partial charge in [0.2, 0.25) is 0 Å². The molecule has 1 saturated heterocycles. The number of thioether (sulfide) groups is 1. The molecule has 4 nitrogen and oxygen atoms in total. The van der Waals surface area contributed by atoms with Crippen molar-refractivity contribution in [1.82, 2.24) is 9.97 Å². The largest absolute Gasteiger partial charge is 0.372 e. The monoisotopic (exact) mass is 439 g/mol. The Morgan fingerprint density at radius 3 is 2.37 bits per heavy atom. The maximum atomic E-state index is 5.99. The second kappa shape index (κ2) is 9.82. The van der Waals surface area contributed by atoms with E-state index in [1.807, 2.05) is 42.1 Å². The summed E-state index contributed by atoms with van der Waals surface area (Å²) in [5.41, 5.74) is 3.35. The highest BCUT2D eigenvalue weighted by Crippen LogP contribution is 2.26. The third kappa shape index (κ3) is 5.54. The zero-order valence-corrected chi connectivity index (χ0v) is 18.9. The third-order valence-electron chi connectivity index (χ3n) is 4.97. The van der Waals surface area contributed by atoms with Crippen molar-refractivity contribution in [2.24, 2.45) is 0 Å². The van der Waals surface area contributed by atoms with Crippen LogP contribution in [0.15, 0.2) is 60.7 Å². The molecule has 0 spiro atoms. The van der Waals surface area contributed by atoms with Gasteiger partial charge in [-0.1, -0.05) is 54.1 Å². The Balaban J connectivity index is 1.56. The van der Waals surface area contributed by atoms with Gasteiger partial charge in [0.05, 0.1) is 17.9 Å². The molecule has 0 amide bonds. The molecule has 3 aromatic rings. The summed E-state index contributed by atoms with van der Waals surface area (Å²) in [5, 5.41) is 0.769. The molecule has 0 unspecified atom stereocenters. The van der Waals surface area contributed by atoms with Gasteiger partial charge < -0.3 is 9.64 Å². The lowest BCUT2D eigenvalue weighted by molar-refractivity contribution is -0.00546. The van der Waals surface area contributed by atoms with Gasteiger partial charge >= 0.3 is 0 Å². The molecule has 2 heterocycles. The molecule has 2 aromatic carbocycles. The number of halogens is 1. The van der Waals surface area contributed by atoms with E-state index < -0.39 is 0 Å². The average Bonchev–Trinajstić information content (AvgIpc) is 2.75. The van der Waals surface area contributed by atoms with E-state index in [0.29, 0.717) is 0 Å². The van der Waals surface area contributed by atoms with E-state index in [1.54, 1.807) is 0 Å². The Hall–Kier alpha value is -2.08. The summed E-state index contributed by atoms with van der Waals surface area (Å²) in [5.74, 6) is 3.51. The minimum atomic E-state index is 0.187. The first-order valence-electron chi connectivity index (χ1n) is 10.2. The van der Waals surface area contributed by atoms with Crippen LogP contribution in [0.3, 0.4) is 0 Å². The summed E-state index contributed by atoms with van der Waals surface area (Å²) in [6.07, 6.45) is 0.373. The first-order valence-corrected chi connectivity index (χ1v) is 11.8. The van der Waals surface area contributed by atoms with Crippen LogP contribution in [0, 0.1) is 0 Å². The highest BCUT2D eigenvalue weighted by atomic mass is 35.5. The zero-order chi connectivity index (χ0) is 20.9. The summed E-state index contributed by atoms with van der Waals surface area (Å²) < 4.78 is 5.91. The van der Waals surface area contributed by atoms with Crippen LogP contribution in [0.4, 0.5) is 5.82 Å². The van der Waals surface area contributed by atoms with E-state index >= 15 is 0 Å². The molecule has 4 rings (SSSR count). The number of hydrogen-bond acceptors (Lipinski definition) is 5. The quantitative estimate of drug-likeness (QED) is 0.482. The van der Waals surface area contributed by atoms with Gasteiger partial charge in [0, 0.05) is 41.2 Å². The molecular weight excluding hydrogens is 414 g/mol. The topological polar surface area (TPSA) is 38.2 Å². The lowest BCUT2D eigenvalue weighted by Gasteiger charge is -2.36. The maximum absolute atomic E-state index is 5.99. The molecule has 6 heteroatoms. The summed E-state index contributed by atoms with van der Waals surface area (Å²) in [6, 6.07) is 20.4. The Kier molecular flexibility index (Phi) is 6.93. The van der Waals surface area contributed by atoms with Crippen LogP contribution >= 0.6 is 23.4 Å². The van der Waals surface area contributed by atoms with Crippen molar-refractivity contribution in [2.75, 3.05) is 18.0 Å². The van der Waals surface area contributed by atoms with Crippen molar-refractivity contribution in [3.05, 3.63) is 76.9 Å². The predicted octanol–water partition coefficient (Wildman–Crippen LogP) is 5.84. The molecule has 1 aromatic heterocycles. The number of rotatable bonds is 6. The van der Waals surface area contributed by atoms with Crippen LogP contribution < -0.4 is 4.90 Å². The number of nitrogens with zero attached hydrogens (tertiary/aromatic N) is 3. The van der Waals surface area contributed by atoms with Crippen LogP contribution in [-0.2, 0) is 16.2 Å². The number of morpholine rings is 1. The molecule has 30 heavy (non-hydrogen) atoms. The number of hydrogen-bond donors (Lipinski definition) is 0. The predicted molar refractivity (Wildman–Crippen MR) is 126 cm³/mol. The molecule has 0 aliphatic carbocycles. The second-order valence-corrected chi connectivity index (χ2v) is 9.11. The molecule has 156 valence electrons. The Morgan fingerprint density at radius 1 is 0.967 bits per heavy atom. The first kappa shape index (κ1) is 21.2.